The number of hydrogen-bond acceptors (Lipinski definition) is 5. The number of nitrogens with one attached hydrogen (secondary N) is 4. The van der Waals surface area contributed by atoms with Gasteiger partial charge in [0.2, 0.25) is 0 Å². The largest absolute Gasteiger partial charge is 0.447 e. The molecule has 0 aliphatic carbocycles. The Morgan fingerprint density at radius 2 is 1.61 bits per heavy atom. The second-order valence-corrected chi connectivity index (χ2v) is 6.56. The molecule has 0 saturated heterocycles. The predicted octanol–water partition coefficient (Wildman–Crippen LogP) is 3.34. The molecule has 2 rings (SSSR count). The summed E-state index contributed by atoms with van der Waals surface area (Å²) in [6.07, 6.45) is -5.58. The van der Waals surface area contributed by atoms with Crippen LogP contribution in [0.5, 0.6) is 0 Å². The summed E-state index contributed by atoms with van der Waals surface area (Å²) in [7, 11) is 0. The highest BCUT2D eigenvalue weighted by molar-refractivity contribution is 6.01. The Hall–Kier alpha value is -3.76. The SMILES string of the molecule is CC(C)OC(=O)NCC(=O)NNC(=O)c1ccccc1Nc1ccc(C(F)(F)F)cc1. The Bertz CT molecular complexity index is 931. The van der Waals surface area contributed by atoms with Crippen molar-refractivity contribution in [1.82, 2.24) is 16.2 Å². The lowest BCUT2D eigenvalue weighted by atomic mass is 10.1. The van der Waals surface area contributed by atoms with Gasteiger partial charge in [-0.15, -0.1) is 0 Å². The molecular weight excluding hydrogens is 417 g/mol. The van der Waals surface area contributed by atoms with E-state index in [0.29, 0.717) is 11.4 Å². The topological polar surface area (TPSA) is 109 Å². The summed E-state index contributed by atoms with van der Waals surface area (Å²) >= 11 is 0. The summed E-state index contributed by atoms with van der Waals surface area (Å²) in [6, 6.07) is 10.5. The van der Waals surface area contributed by atoms with E-state index in [1.807, 2.05) is 0 Å². The number of carbonyl (C=O) groups is 3. The molecule has 11 heteroatoms. The van der Waals surface area contributed by atoms with Gasteiger partial charge < -0.3 is 15.4 Å². The molecule has 0 saturated carbocycles. The van der Waals surface area contributed by atoms with Crippen LogP contribution in [0, 0.1) is 0 Å². The normalized spacial score (nSPS) is 10.9. The molecule has 8 nitrogen and oxygen atoms in total. The van der Waals surface area contributed by atoms with E-state index in [4.69, 9.17) is 4.74 Å². The fraction of sp³-hybridized carbons (Fsp3) is 0.250. The predicted molar refractivity (Wildman–Crippen MR) is 106 cm³/mol. The summed E-state index contributed by atoms with van der Waals surface area (Å²) in [5.74, 6) is -1.37. The van der Waals surface area contributed by atoms with Gasteiger partial charge in [-0.3, -0.25) is 20.4 Å². The van der Waals surface area contributed by atoms with Gasteiger partial charge in [0.25, 0.3) is 11.8 Å². The molecule has 0 radical (unpaired) electrons. The summed E-state index contributed by atoms with van der Waals surface area (Å²) in [4.78, 5) is 35.5. The first kappa shape index (κ1) is 23.5. The molecule has 2 aromatic rings. The molecule has 0 aliphatic heterocycles. The van der Waals surface area contributed by atoms with Gasteiger partial charge in [-0.05, 0) is 50.2 Å². The standard InChI is InChI=1S/C20H21F3N4O4/c1-12(2)31-19(30)24-11-17(28)26-27-18(29)15-5-3-4-6-16(15)25-14-9-7-13(8-10-14)20(21,22)23/h3-10,12,25H,11H2,1-2H3,(H,24,30)(H,26,28)(H,27,29). The molecule has 0 bridgehead atoms. The lowest BCUT2D eigenvalue weighted by Crippen LogP contribution is -2.46. The minimum absolute atomic E-state index is 0.134. The highest BCUT2D eigenvalue weighted by Gasteiger charge is 2.30. The first-order valence-electron chi connectivity index (χ1n) is 9.13. The smallest absolute Gasteiger partial charge is 0.416 e. The number of anilines is 2. The number of para-hydroxylation sites is 1. The van der Waals surface area contributed by atoms with Crippen molar-refractivity contribution in [1.29, 1.82) is 0 Å². The molecule has 0 fully saturated rings. The fourth-order valence-corrected chi connectivity index (χ4v) is 2.33. The van der Waals surface area contributed by atoms with Crippen LogP contribution in [0.1, 0.15) is 29.8 Å². The lowest BCUT2D eigenvalue weighted by molar-refractivity contribution is -0.137. The van der Waals surface area contributed by atoms with Crippen molar-refractivity contribution in [2.24, 2.45) is 0 Å². The maximum atomic E-state index is 12.7. The third-order valence-corrected chi connectivity index (χ3v) is 3.71. The zero-order valence-electron chi connectivity index (χ0n) is 16.7. The van der Waals surface area contributed by atoms with E-state index in [1.54, 1.807) is 32.0 Å². The molecule has 0 atom stereocenters. The summed E-state index contributed by atoms with van der Waals surface area (Å²) < 4.78 is 42.9. The Kier molecular flexibility index (Phi) is 7.83. The highest BCUT2D eigenvalue weighted by Crippen LogP contribution is 2.30. The maximum absolute atomic E-state index is 12.7. The van der Waals surface area contributed by atoms with Crippen molar-refractivity contribution in [3.8, 4) is 0 Å². The molecule has 4 N–H and O–H groups in total. The average molecular weight is 438 g/mol. The molecule has 0 unspecified atom stereocenters. The van der Waals surface area contributed by atoms with Crippen LogP contribution in [0.2, 0.25) is 0 Å². The zero-order chi connectivity index (χ0) is 23.0. The molecule has 0 spiro atoms. The molecule has 0 aliphatic rings. The quantitative estimate of drug-likeness (QED) is 0.518. The van der Waals surface area contributed by atoms with Gasteiger partial charge in [-0.2, -0.15) is 13.2 Å². The summed E-state index contributed by atoms with van der Waals surface area (Å²) in [5.41, 5.74) is 4.33. The molecule has 3 amide bonds. The molecule has 0 heterocycles. The van der Waals surface area contributed by atoms with Crippen molar-refractivity contribution in [2.75, 3.05) is 11.9 Å². The van der Waals surface area contributed by atoms with E-state index >= 15 is 0 Å². The summed E-state index contributed by atoms with van der Waals surface area (Å²) in [5, 5.41) is 5.08. The van der Waals surface area contributed by atoms with Crippen LogP contribution in [-0.2, 0) is 15.7 Å². The van der Waals surface area contributed by atoms with Gasteiger partial charge >= 0.3 is 12.3 Å². The van der Waals surface area contributed by atoms with Gasteiger partial charge in [-0.25, -0.2) is 4.79 Å². The van der Waals surface area contributed by atoms with Crippen molar-refractivity contribution >= 4 is 29.3 Å². The minimum atomic E-state index is -4.45. The van der Waals surface area contributed by atoms with Crippen LogP contribution in [0.4, 0.5) is 29.3 Å². The van der Waals surface area contributed by atoms with Crippen LogP contribution in [0.3, 0.4) is 0 Å². The summed E-state index contributed by atoms with van der Waals surface area (Å²) in [6.45, 7) is 2.88. The number of hydrazine groups is 1. The van der Waals surface area contributed by atoms with Crippen LogP contribution in [0.15, 0.2) is 48.5 Å². The average Bonchev–Trinajstić information content (AvgIpc) is 2.70. The maximum Gasteiger partial charge on any atom is 0.416 e. The van der Waals surface area contributed by atoms with Crippen LogP contribution in [0.25, 0.3) is 0 Å². The number of alkyl carbamates (subject to hydrolysis) is 1. The van der Waals surface area contributed by atoms with E-state index in [9.17, 15) is 27.6 Å². The van der Waals surface area contributed by atoms with E-state index in [1.165, 1.54) is 18.2 Å². The van der Waals surface area contributed by atoms with E-state index in [-0.39, 0.29) is 11.7 Å². The van der Waals surface area contributed by atoms with Crippen molar-refractivity contribution in [3.63, 3.8) is 0 Å². The number of rotatable bonds is 6. The van der Waals surface area contributed by atoms with Gasteiger partial charge in [0, 0.05) is 5.69 Å². The lowest BCUT2D eigenvalue weighted by Gasteiger charge is -2.14. The second-order valence-electron chi connectivity index (χ2n) is 6.56. The number of halogens is 3. The Morgan fingerprint density at radius 1 is 0.968 bits per heavy atom. The van der Waals surface area contributed by atoms with Crippen LogP contribution < -0.4 is 21.5 Å². The molecular formula is C20H21F3N4O4. The number of ether oxygens (including phenoxy) is 1. The molecule has 166 valence electrons. The minimum Gasteiger partial charge on any atom is -0.447 e. The first-order chi connectivity index (χ1) is 14.6. The van der Waals surface area contributed by atoms with Crippen molar-refractivity contribution < 1.29 is 32.3 Å². The molecule has 2 aromatic carbocycles. The molecule has 0 aromatic heterocycles. The number of carbonyl (C=O) groups excluding carboxylic acids is 3. The highest BCUT2D eigenvalue weighted by atomic mass is 19.4. The monoisotopic (exact) mass is 438 g/mol. The molecule has 31 heavy (non-hydrogen) atoms. The number of hydrogen-bond donors (Lipinski definition) is 4. The van der Waals surface area contributed by atoms with E-state index in [0.717, 1.165) is 12.1 Å². The zero-order valence-corrected chi connectivity index (χ0v) is 16.7. The van der Waals surface area contributed by atoms with Gasteiger partial charge in [0.1, 0.15) is 6.54 Å². The Labute approximate surface area is 176 Å². The van der Waals surface area contributed by atoms with Crippen molar-refractivity contribution in [3.05, 3.63) is 59.7 Å². The fourth-order valence-electron chi connectivity index (χ4n) is 2.33. The van der Waals surface area contributed by atoms with Gasteiger partial charge in [-0.1, -0.05) is 12.1 Å². The van der Waals surface area contributed by atoms with Crippen molar-refractivity contribution in [2.45, 2.75) is 26.1 Å². The first-order valence-corrected chi connectivity index (χ1v) is 9.13. The Balaban J connectivity index is 1.96. The van der Waals surface area contributed by atoms with Gasteiger partial charge in [0.15, 0.2) is 0 Å². The number of amides is 3. The second kappa shape index (κ2) is 10.3. The van der Waals surface area contributed by atoms with Crippen LogP contribution in [-0.4, -0.2) is 30.6 Å². The van der Waals surface area contributed by atoms with Crippen LogP contribution >= 0.6 is 0 Å². The third kappa shape index (κ3) is 7.53. The number of alkyl halides is 3. The Morgan fingerprint density at radius 3 is 2.23 bits per heavy atom. The number of benzene rings is 2. The third-order valence-electron chi connectivity index (χ3n) is 3.71. The van der Waals surface area contributed by atoms with Gasteiger partial charge in [0.05, 0.1) is 22.9 Å². The van der Waals surface area contributed by atoms with E-state index in [2.05, 4.69) is 21.5 Å². The van der Waals surface area contributed by atoms with E-state index < -0.39 is 36.2 Å².